The second-order valence-electron chi connectivity index (χ2n) is 3.08. The van der Waals surface area contributed by atoms with Crippen molar-refractivity contribution in [2.24, 2.45) is 10.9 Å². The van der Waals surface area contributed by atoms with Crippen molar-refractivity contribution in [3.8, 4) is 5.75 Å². The largest absolute Gasteiger partial charge is 0.414 e. The Labute approximate surface area is 88.1 Å². The van der Waals surface area contributed by atoms with Crippen LogP contribution in [0.25, 0.3) is 0 Å². The van der Waals surface area contributed by atoms with Crippen molar-refractivity contribution in [3.63, 3.8) is 0 Å². The Kier molecular flexibility index (Phi) is 3.68. The number of rotatable bonds is 2. The quantitative estimate of drug-likeness (QED) is 0.447. The van der Waals surface area contributed by atoms with E-state index in [2.05, 4.69) is 5.10 Å². The van der Waals surface area contributed by atoms with E-state index in [0.29, 0.717) is 11.3 Å². The molecule has 0 aliphatic heterocycles. The Morgan fingerprint density at radius 1 is 1.47 bits per heavy atom. The van der Waals surface area contributed by atoms with Crippen LogP contribution in [0.3, 0.4) is 0 Å². The van der Waals surface area contributed by atoms with Gasteiger partial charge in [0.15, 0.2) is 0 Å². The lowest BCUT2D eigenvalue weighted by atomic mass is 10.2. The molecular weight excluding hydrogens is 194 g/mol. The first-order valence-electron chi connectivity index (χ1n) is 4.36. The molecule has 2 N–H and O–H groups in total. The smallest absolute Gasteiger partial charge is 0.410 e. The van der Waals surface area contributed by atoms with Gasteiger partial charge in [-0.1, -0.05) is 12.1 Å². The average molecular weight is 207 g/mol. The summed E-state index contributed by atoms with van der Waals surface area (Å²) >= 11 is 0. The highest BCUT2D eigenvalue weighted by Gasteiger charge is 2.08. The summed E-state index contributed by atoms with van der Waals surface area (Å²) in [6.45, 7) is 0. The molecule has 0 atom stereocenters. The minimum atomic E-state index is -0.437. The molecule has 5 heteroatoms. The summed E-state index contributed by atoms with van der Waals surface area (Å²) in [5.41, 5.74) is 0.662. The van der Waals surface area contributed by atoms with Crippen molar-refractivity contribution < 1.29 is 9.53 Å². The minimum absolute atomic E-state index is 0.436. The van der Waals surface area contributed by atoms with Crippen molar-refractivity contribution in [1.29, 1.82) is 0 Å². The number of carbonyl (C=O) groups is 1. The van der Waals surface area contributed by atoms with E-state index in [1.54, 1.807) is 32.3 Å². The molecule has 1 aromatic carbocycles. The molecule has 0 spiro atoms. The number of carbonyl (C=O) groups excluding carboxylic acids is 1. The molecule has 0 unspecified atom stereocenters. The number of hydrazone groups is 1. The zero-order valence-corrected chi connectivity index (χ0v) is 8.68. The van der Waals surface area contributed by atoms with Gasteiger partial charge in [0.2, 0.25) is 0 Å². The SMILES string of the molecule is CN(C)C(=O)Oc1ccccc1C=NN. The van der Waals surface area contributed by atoms with Gasteiger partial charge in [-0.3, -0.25) is 0 Å². The number of hydrogen-bond donors (Lipinski definition) is 1. The van der Waals surface area contributed by atoms with Crippen molar-refractivity contribution in [3.05, 3.63) is 29.8 Å². The predicted molar refractivity (Wildman–Crippen MR) is 57.9 cm³/mol. The van der Waals surface area contributed by atoms with E-state index in [1.165, 1.54) is 11.1 Å². The second-order valence-corrected chi connectivity index (χ2v) is 3.08. The van der Waals surface area contributed by atoms with E-state index < -0.39 is 6.09 Å². The van der Waals surface area contributed by atoms with Gasteiger partial charge >= 0.3 is 6.09 Å². The first kappa shape index (κ1) is 11.0. The molecule has 5 nitrogen and oxygen atoms in total. The van der Waals surface area contributed by atoms with E-state index in [0.717, 1.165) is 0 Å². The minimum Gasteiger partial charge on any atom is -0.410 e. The number of hydrogen-bond acceptors (Lipinski definition) is 4. The lowest BCUT2D eigenvalue weighted by molar-refractivity contribution is 0.172. The summed E-state index contributed by atoms with van der Waals surface area (Å²) in [6.07, 6.45) is 0.992. The highest BCUT2D eigenvalue weighted by molar-refractivity contribution is 5.85. The molecular formula is C10H13N3O2. The fraction of sp³-hybridized carbons (Fsp3) is 0.200. The Balaban J connectivity index is 2.89. The summed E-state index contributed by atoms with van der Waals surface area (Å²) < 4.78 is 5.10. The van der Waals surface area contributed by atoms with Crippen LogP contribution >= 0.6 is 0 Å². The molecule has 80 valence electrons. The Hall–Kier alpha value is -2.04. The van der Waals surface area contributed by atoms with E-state index in [4.69, 9.17) is 10.6 Å². The topological polar surface area (TPSA) is 67.9 Å². The summed E-state index contributed by atoms with van der Waals surface area (Å²) in [5.74, 6) is 5.47. The van der Waals surface area contributed by atoms with Gasteiger partial charge < -0.3 is 15.5 Å². The third kappa shape index (κ3) is 2.98. The highest BCUT2D eigenvalue weighted by atomic mass is 16.6. The summed E-state index contributed by atoms with van der Waals surface area (Å²) in [7, 11) is 3.23. The monoisotopic (exact) mass is 207 g/mol. The molecule has 0 fully saturated rings. The molecule has 0 saturated heterocycles. The summed E-state index contributed by atoms with van der Waals surface area (Å²) in [4.78, 5) is 12.6. The molecule has 0 bridgehead atoms. The molecule has 1 rings (SSSR count). The maximum absolute atomic E-state index is 11.3. The van der Waals surface area contributed by atoms with Crippen LogP contribution in [0.15, 0.2) is 29.4 Å². The zero-order valence-electron chi connectivity index (χ0n) is 8.68. The van der Waals surface area contributed by atoms with Crippen LogP contribution in [0, 0.1) is 0 Å². The zero-order chi connectivity index (χ0) is 11.3. The molecule has 0 radical (unpaired) electrons. The van der Waals surface area contributed by atoms with Gasteiger partial charge in [-0.15, -0.1) is 0 Å². The van der Waals surface area contributed by atoms with Crippen molar-refractivity contribution in [2.45, 2.75) is 0 Å². The van der Waals surface area contributed by atoms with Crippen molar-refractivity contribution in [2.75, 3.05) is 14.1 Å². The van der Waals surface area contributed by atoms with E-state index >= 15 is 0 Å². The number of ether oxygens (including phenoxy) is 1. The van der Waals surface area contributed by atoms with Crippen LogP contribution < -0.4 is 10.6 Å². The standard InChI is InChI=1S/C10H13N3O2/c1-13(2)10(14)15-9-6-4-3-5-8(9)7-12-11/h3-7H,11H2,1-2H3. The number of nitrogens with zero attached hydrogens (tertiary/aromatic N) is 2. The van der Waals surface area contributed by atoms with Gasteiger partial charge in [-0.2, -0.15) is 5.10 Å². The van der Waals surface area contributed by atoms with Crippen LogP contribution in [0.5, 0.6) is 5.75 Å². The summed E-state index contributed by atoms with van der Waals surface area (Å²) in [5, 5.41) is 3.39. The van der Waals surface area contributed by atoms with Crippen molar-refractivity contribution >= 4 is 12.3 Å². The Morgan fingerprint density at radius 3 is 2.73 bits per heavy atom. The van der Waals surface area contributed by atoms with Gasteiger partial charge in [-0.25, -0.2) is 4.79 Å². The third-order valence-corrected chi connectivity index (χ3v) is 1.70. The van der Waals surface area contributed by atoms with Crippen molar-refractivity contribution in [1.82, 2.24) is 4.90 Å². The Morgan fingerprint density at radius 2 is 2.13 bits per heavy atom. The number of amides is 1. The fourth-order valence-corrected chi connectivity index (χ4v) is 0.946. The molecule has 0 heterocycles. The van der Waals surface area contributed by atoms with Crippen LogP contribution in [-0.2, 0) is 0 Å². The maximum Gasteiger partial charge on any atom is 0.414 e. The molecule has 0 aromatic heterocycles. The predicted octanol–water partition coefficient (Wildman–Crippen LogP) is 1.04. The van der Waals surface area contributed by atoms with Gasteiger partial charge in [0.1, 0.15) is 5.75 Å². The summed E-state index contributed by atoms with van der Waals surface area (Å²) in [6, 6.07) is 7.02. The van der Waals surface area contributed by atoms with Gasteiger partial charge in [0.25, 0.3) is 0 Å². The molecule has 0 aliphatic carbocycles. The first-order valence-corrected chi connectivity index (χ1v) is 4.36. The Bertz CT molecular complexity index is 375. The van der Waals surface area contributed by atoms with Gasteiger partial charge in [-0.05, 0) is 12.1 Å². The third-order valence-electron chi connectivity index (χ3n) is 1.70. The van der Waals surface area contributed by atoms with E-state index in [1.807, 2.05) is 6.07 Å². The number of benzene rings is 1. The van der Waals surface area contributed by atoms with Crippen LogP contribution in [0.2, 0.25) is 0 Å². The fourth-order valence-electron chi connectivity index (χ4n) is 0.946. The van der Waals surface area contributed by atoms with Crippen LogP contribution in [0.4, 0.5) is 4.79 Å². The molecule has 1 amide bonds. The second kappa shape index (κ2) is 4.99. The molecule has 0 saturated carbocycles. The molecule has 0 aliphatic rings. The molecule has 1 aromatic rings. The first-order chi connectivity index (χ1) is 7.15. The highest BCUT2D eigenvalue weighted by Crippen LogP contribution is 2.16. The lowest BCUT2D eigenvalue weighted by Crippen LogP contribution is -2.25. The van der Waals surface area contributed by atoms with Crippen LogP contribution in [-0.4, -0.2) is 31.3 Å². The lowest BCUT2D eigenvalue weighted by Gasteiger charge is -2.11. The van der Waals surface area contributed by atoms with E-state index in [-0.39, 0.29) is 0 Å². The average Bonchev–Trinajstić information content (AvgIpc) is 2.21. The van der Waals surface area contributed by atoms with Crippen LogP contribution in [0.1, 0.15) is 5.56 Å². The van der Waals surface area contributed by atoms with Gasteiger partial charge in [0, 0.05) is 19.7 Å². The number of nitrogens with two attached hydrogens (primary N) is 1. The maximum atomic E-state index is 11.3. The molecule has 15 heavy (non-hydrogen) atoms. The number of para-hydroxylation sites is 1. The van der Waals surface area contributed by atoms with Gasteiger partial charge in [0.05, 0.1) is 6.21 Å². The normalized spacial score (nSPS) is 10.3. The van der Waals surface area contributed by atoms with E-state index in [9.17, 15) is 4.79 Å².